The lowest BCUT2D eigenvalue weighted by Gasteiger charge is -2.08. The quantitative estimate of drug-likeness (QED) is 0.876. The van der Waals surface area contributed by atoms with Crippen molar-refractivity contribution in [2.24, 2.45) is 0 Å². The summed E-state index contributed by atoms with van der Waals surface area (Å²) in [6.07, 6.45) is 4.33. The van der Waals surface area contributed by atoms with Crippen LogP contribution in [0.1, 0.15) is 18.9 Å². The summed E-state index contributed by atoms with van der Waals surface area (Å²) in [5, 5.41) is 2.94. The van der Waals surface area contributed by atoms with Crippen LogP contribution in [0.15, 0.2) is 36.7 Å². The van der Waals surface area contributed by atoms with Gasteiger partial charge < -0.3 is 10.1 Å². The van der Waals surface area contributed by atoms with Crippen LogP contribution in [0.25, 0.3) is 11.1 Å². The molecule has 2 aromatic rings. The van der Waals surface area contributed by atoms with Crippen molar-refractivity contribution in [3.8, 4) is 16.9 Å². The van der Waals surface area contributed by atoms with Crippen molar-refractivity contribution in [3.63, 3.8) is 0 Å². The van der Waals surface area contributed by atoms with Crippen molar-refractivity contribution in [3.05, 3.63) is 48.0 Å². The van der Waals surface area contributed by atoms with Crippen LogP contribution in [0.5, 0.6) is 5.75 Å². The first-order chi connectivity index (χ1) is 9.74. The summed E-state index contributed by atoms with van der Waals surface area (Å²) in [7, 11) is 1.80. The van der Waals surface area contributed by atoms with Crippen LogP contribution in [0.3, 0.4) is 0 Å². The Morgan fingerprint density at radius 1 is 1.20 bits per heavy atom. The zero-order chi connectivity index (χ0) is 14.4. The summed E-state index contributed by atoms with van der Waals surface area (Å²) in [5.41, 5.74) is 2.31. The fourth-order valence-electron chi connectivity index (χ4n) is 1.94. The van der Waals surface area contributed by atoms with E-state index in [0.29, 0.717) is 24.5 Å². The number of halogens is 1. The molecule has 0 spiro atoms. The van der Waals surface area contributed by atoms with Gasteiger partial charge in [0.1, 0.15) is 11.6 Å². The molecule has 1 aromatic heterocycles. The Labute approximate surface area is 118 Å². The SMILES string of the molecule is CCCOc1cncc(-c2ccc(CNC)c(F)c2)c1. The minimum Gasteiger partial charge on any atom is -0.492 e. The van der Waals surface area contributed by atoms with Crippen LogP contribution in [-0.4, -0.2) is 18.6 Å². The maximum Gasteiger partial charge on any atom is 0.138 e. The number of pyridine rings is 1. The van der Waals surface area contributed by atoms with Gasteiger partial charge in [0.2, 0.25) is 0 Å². The molecule has 4 heteroatoms. The highest BCUT2D eigenvalue weighted by Gasteiger charge is 2.06. The summed E-state index contributed by atoms with van der Waals surface area (Å²) in [6, 6.07) is 7.11. The fourth-order valence-corrected chi connectivity index (χ4v) is 1.94. The zero-order valence-corrected chi connectivity index (χ0v) is 11.8. The molecule has 1 aromatic carbocycles. The van der Waals surface area contributed by atoms with Gasteiger partial charge in [0.15, 0.2) is 0 Å². The molecule has 0 radical (unpaired) electrons. The topological polar surface area (TPSA) is 34.1 Å². The maximum absolute atomic E-state index is 13.9. The summed E-state index contributed by atoms with van der Waals surface area (Å²) in [5.74, 6) is 0.501. The molecule has 0 atom stereocenters. The van der Waals surface area contributed by atoms with Crippen molar-refractivity contribution in [1.82, 2.24) is 10.3 Å². The van der Waals surface area contributed by atoms with Crippen LogP contribution < -0.4 is 10.1 Å². The Morgan fingerprint density at radius 2 is 2.05 bits per heavy atom. The van der Waals surface area contributed by atoms with Crippen LogP contribution in [0.4, 0.5) is 4.39 Å². The van der Waals surface area contributed by atoms with Crippen LogP contribution >= 0.6 is 0 Å². The lowest BCUT2D eigenvalue weighted by atomic mass is 10.0. The summed E-state index contributed by atoms with van der Waals surface area (Å²) >= 11 is 0. The highest BCUT2D eigenvalue weighted by atomic mass is 19.1. The average Bonchev–Trinajstić information content (AvgIpc) is 2.48. The first-order valence-corrected chi connectivity index (χ1v) is 6.76. The van der Waals surface area contributed by atoms with Crippen molar-refractivity contribution in [1.29, 1.82) is 0 Å². The van der Waals surface area contributed by atoms with Crippen molar-refractivity contribution in [2.75, 3.05) is 13.7 Å². The summed E-state index contributed by atoms with van der Waals surface area (Å²) in [6.45, 7) is 3.22. The maximum atomic E-state index is 13.9. The van der Waals surface area contributed by atoms with Gasteiger partial charge in [0.05, 0.1) is 12.8 Å². The lowest BCUT2D eigenvalue weighted by molar-refractivity contribution is 0.316. The third kappa shape index (κ3) is 3.54. The van der Waals surface area contributed by atoms with E-state index < -0.39 is 0 Å². The van der Waals surface area contributed by atoms with Gasteiger partial charge >= 0.3 is 0 Å². The molecule has 2 rings (SSSR count). The third-order valence-corrected chi connectivity index (χ3v) is 2.94. The number of rotatable bonds is 6. The van der Waals surface area contributed by atoms with Gasteiger partial charge in [0.25, 0.3) is 0 Å². The van der Waals surface area contributed by atoms with Crippen molar-refractivity contribution in [2.45, 2.75) is 19.9 Å². The van der Waals surface area contributed by atoms with Gasteiger partial charge in [-0.2, -0.15) is 0 Å². The minimum atomic E-state index is -0.211. The molecule has 20 heavy (non-hydrogen) atoms. The second kappa shape index (κ2) is 7.01. The molecule has 1 N–H and O–H groups in total. The fraction of sp³-hybridized carbons (Fsp3) is 0.312. The monoisotopic (exact) mass is 274 g/mol. The Morgan fingerprint density at radius 3 is 2.75 bits per heavy atom. The van der Waals surface area contributed by atoms with Gasteiger partial charge in [-0.25, -0.2) is 4.39 Å². The summed E-state index contributed by atoms with van der Waals surface area (Å²) < 4.78 is 19.5. The molecule has 1 heterocycles. The highest BCUT2D eigenvalue weighted by molar-refractivity contribution is 5.64. The van der Waals surface area contributed by atoms with Crippen LogP contribution in [0.2, 0.25) is 0 Å². The molecule has 3 nitrogen and oxygen atoms in total. The molecule has 0 saturated carbocycles. The molecule has 0 unspecified atom stereocenters. The van der Waals surface area contributed by atoms with E-state index in [1.807, 2.05) is 19.1 Å². The van der Waals surface area contributed by atoms with Gasteiger partial charge in [-0.3, -0.25) is 4.98 Å². The van der Waals surface area contributed by atoms with Gasteiger partial charge in [-0.05, 0) is 31.2 Å². The smallest absolute Gasteiger partial charge is 0.138 e. The Balaban J connectivity index is 2.24. The number of nitrogens with one attached hydrogen (secondary N) is 1. The minimum absolute atomic E-state index is 0.211. The van der Waals surface area contributed by atoms with E-state index in [2.05, 4.69) is 10.3 Å². The van der Waals surface area contributed by atoms with E-state index in [4.69, 9.17) is 4.74 Å². The molecule has 0 fully saturated rings. The van der Waals surface area contributed by atoms with E-state index >= 15 is 0 Å². The Hall–Kier alpha value is -1.94. The molecular formula is C16H19FN2O. The Bertz CT molecular complexity index is 572. The molecule has 0 aliphatic rings. The van der Waals surface area contributed by atoms with E-state index in [1.165, 1.54) is 6.07 Å². The third-order valence-electron chi connectivity index (χ3n) is 2.94. The molecule has 0 saturated heterocycles. The van der Waals surface area contributed by atoms with E-state index in [1.54, 1.807) is 25.5 Å². The zero-order valence-electron chi connectivity index (χ0n) is 11.8. The van der Waals surface area contributed by atoms with E-state index in [-0.39, 0.29) is 5.82 Å². The average molecular weight is 274 g/mol. The molecule has 0 aliphatic carbocycles. The number of nitrogens with zero attached hydrogens (tertiary/aromatic N) is 1. The second-order valence-electron chi connectivity index (χ2n) is 4.59. The number of aromatic nitrogens is 1. The normalized spacial score (nSPS) is 10.6. The van der Waals surface area contributed by atoms with Gasteiger partial charge in [-0.15, -0.1) is 0 Å². The number of ether oxygens (including phenoxy) is 1. The van der Waals surface area contributed by atoms with Gasteiger partial charge in [-0.1, -0.05) is 19.1 Å². The highest BCUT2D eigenvalue weighted by Crippen LogP contribution is 2.24. The number of benzene rings is 1. The van der Waals surface area contributed by atoms with Crippen LogP contribution in [-0.2, 0) is 6.54 Å². The molecule has 0 amide bonds. The van der Waals surface area contributed by atoms with Crippen molar-refractivity contribution >= 4 is 0 Å². The number of hydrogen-bond donors (Lipinski definition) is 1. The Kier molecular flexibility index (Phi) is 5.07. The molecule has 0 bridgehead atoms. The first-order valence-electron chi connectivity index (χ1n) is 6.76. The predicted molar refractivity (Wildman–Crippen MR) is 78.2 cm³/mol. The standard InChI is InChI=1S/C16H19FN2O/c1-3-6-20-15-7-14(10-19-11-15)12-4-5-13(9-18-2)16(17)8-12/h4-5,7-8,10-11,18H,3,6,9H2,1-2H3. The molecule has 0 aliphatic heterocycles. The first kappa shape index (κ1) is 14.5. The van der Waals surface area contributed by atoms with E-state index in [0.717, 1.165) is 17.5 Å². The van der Waals surface area contributed by atoms with Crippen molar-refractivity contribution < 1.29 is 9.13 Å². The molecular weight excluding hydrogens is 255 g/mol. The van der Waals surface area contributed by atoms with Crippen LogP contribution in [0, 0.1) is 5.82 Å². The van der Waals surface area contributed by atoms with E-state index in [9.17, 15) is 4.39 Å². The van der Waals surface area contributed by atoms with Gasteiger partial charge in [0, 0.05) is 23.9 Å². The second-order valence-corrected chi connectivity index (χ2v) is 4.59. The largest absolute Gasteiger partial charge is 0.492 e. The predicted octanol–water partition coefficient (Wildman–Crippen LogP) is 3.40. The lowest BCUT2D eigenvalue weighted by Crippen LogP contribution is -2.06. The summed E-state index contributed by atoms with van der Waals surface area (Å²) in [4.78, 5) is 4.14. The molecule has 106 valence electrons. The number of hydrogen-bond acceptors (Lipinski definition) is 3.